The molecule has 3 rings (SSSR count). The lowest BCUT2D eigenvalue weighted by Crippen LogP contribution is -2.17. The summed E-state index contributed by atoms with van der Waals surface area (Å²) in [6, 6.07) is 12.6. The Morgan fingerprint density at radius 1 is 1.04 bits per heavy atom. The highest BCUT2D eigenvalue weighted by Crippen LogP contribution is 2.48. The van der Waals surface area contributed by atoms with Gasteiger partial charge in [-0.2, -0.15) is 0 Å². The Bertz CT molecular complexity index is 742. The Balaban J connectivity index is 1.56. The first kappa shape index (κ1) is 17.1. The van der Waals surface area contributed by atoms with E-state index in [1.807, 2.05) is 24.3 Å². The predicted molar refractivity (Wildman–Crippen MR) is 85.6 cm³/mol. The van der Waals surface area contributed by atoms with Crippen molar-refractivity contribution in [3.8, 4) is 11.5 Å². The number of methoxy groups -OCH3 is 1. The van der Waals surface area contributed by atoms with E-state index in [0.717, 1.165) is 29.9 Å². The van der Waals surface area contributed by atoms with E-state index in [2.05, 4.69) is 10.1 Å². The summed E-state index contributed by atoms with van der Waals surface area (Å²) in [4.78, 5) is 12.2. The smallest absolute Gasteiger partial charge is 0.497 e. The molecule has 1 fully saturated rings. The zero-order valence-electron chi connectivity index (χ0n) is 13.3. The van der Waals surface area contributed by atoms with E-state index in [1.165, 1.54) is 12.1 Å². The lowest BCUT2D eigenvalue weighted by Gasteiger charge is -2.10. The minimum Gasteiger partial charge on any atom is -0.497 e. The third-order valence-electron chi connectivity index (χ3n) is 4.03. The fourth-order valence-electron chi connectivity index (χ4n) is 2.68. The summed E-state index contributed by atoms with van der Waals surface area (Å²) in [6.45, 7) is 0. The van der Waals surface area contributed by atoms with Gasteiger partial charge in [0.05, 0.1) is 7.11 Å². The fraction of sp³-hybridized carbons (Fsp3) is 0.278. The van der Waals surface area contributed by atoms with E-state index in [0.29, 0.717) is 5.69 Å². The van der Waals surface area contributed by atoms with E-state index in [-0.39, 0.29) is 23.5 Å². The van der Waals surface area contributed by atoms with Gasteiger partial charge in [0.25, 0.3) is 0 Å². The average molecular weight is 351 g/mol. The van der Waals surface area contributed by atoms with Gasteiger partial charge in [0.1, 0.15) is 11.5 Å². The van der Waals surface area contributed by atoms with Crippen LogP contribution in [-0.2, 0) is 4.79 Å². The molecule has 2 aromatic carbocycles. The normalized spacial score (nSPS) is 19.2. The summed E-state index contributed by atoms with van der Waals surface area (Å²) in [5.74, 6) is 0.295. The van der Waals surface area contributed by atoms with Crippen LogP contribution >= 0.6 is 0 Å². The molecule has 2 unspecified atom stereocenters. The topological polar surface area (TPSA) is 47.6 Å². The number of amides is 1. The lowest BCUT2D eigenvalue weighted by atomic mass is 10.1. The van der Waals surface area contributed by atoms with Crippen molar-refractivity contribution in [1.29, 1.82) is 0 Å². The van der Waals surface area contributed by atoms with E-state index < -0.39 is 6.36 Å². The van der Waals surface area contributed by atoms with Crippen LogP contribution in [0.15, 0.2) is 48.5 Å². The maximum atomic E-state index is 12.2. The molecule has 4 nitrogen and oxygen atoms in total. The van der Waals surface area contributed by atoms with Crippen molar-refractivity contribution < 1.29 is 27.4 Å². The van der Waals surface area contributed by atoms with E-state index in [9.17, 15) is 18.0 Å². The van der Waals surface area contributed by atoms with Gasteiger partial charge >= 0.3 is 6.36 Å². The quantitative estimate of drug-likeness (QED) is 0.872. The van der Waals surface area contributed by atoms with Gasteiger partial charge in [0.15, 0.2) is 0 Å². The molecule has 1 amide bonds. The minimum atomic E-state index is -4.73. The van der Waals surface area contributed by atoms with Gasteiger partial charge in [0.2, 0.25) is 5.91 Å². The molecule has 1 N–H and O–H groups in total. The van der Waals surface area contributed by atoms with Crippen LogP contribution in [0.2, 0.25) is 0 Å². The van der Waals surface area contributed by atoms with Crippen LogP contribution in [0.25, 0.3) is 0 Å². The SMILES string of the molecule is COc1ccc(C2CC2C(=O)Nc2ccc(OC(F)(F)F)cc2)cc1. The average Bonchev–Trinajstić information content (AvgIpc) is 3.36. The van der Waals surface area contributed by atoms with Crippen LogP contribution in [-0.4, -0.2) is 19.4 Å². The number of carbonyl (C=O) groups excluding carboxylic acids is 1. The van der Waals surface area contributed by atoms with Crippen LogP contribution in [0.5, 0.6) is 11.5 Å². The Hall–Kier alpha value is -2.70. The highest BCUT2D eigenvalue weighted by Gasteiger charge is 2.43. The number of hydrogen-bond donors (Lipinski definition) is 1. The van der Waals surface area contributed by atoms with Crippen LogP contribution in [0.3, 0.4) is 0 Å². The van der Waals surface area contributed by atoms with Gasteiger partial charge in [0, 0.05) is 11.6 Å². The zero-order chi connectivity index (χ0) is 18.0. The fourth-order valence-corrected chi connectivity index (χ4v) is 2.68. The molecule has 1 aliphatic rings. The first-order valence-corrected chi connectivity index (χ1v) is 7.66. The minimum absolute atomic E-state index is 0.139. The lowest BCUT2D eigenvalue weighted by molar-refractivity contribution is -0.274. The van der Waals surface area contributed by atoms with Crippen molar-refractivity contribution in [3.63, 3.8) is 0 Å². The first-order chi connectivity index (χ1) is 11.9. The Kier molecular flexibility index (Phi) is 4.57. The van der Waals surface area contributed by atoms with E-state index >= 15 is 0 Å². The molecule has 1 saturated carbocycles. The second kappa shape index (κ2) is 6.66. The zero-order valence-corrected chi connectivity index (χ0v) is 13.3. The van der Waals surface area contributed by atoms with Crippen LogP contribution in [0.4, 0.5) is 18.9 Å². The third kappa shape index (κ3) is 4.43. The molecule has 0 spiro atoms. The number of alkyl halides is 3. The van der Waals surface area contributed by atoms with Gasteiger partial charge in [-0.1, -0.05) is 12.1 Å². The molecule has 1 aliphatic carbocycles. The van der Waals surface area contributed by atoms with Gasteiger partial charge in [-0.05, 0) is 54.3 Å². The largest absolute Gasteiger partial charge is 0.573 e. The van der Waals surface area contributed by atoms with Crippen molar-refractivity contribution in [2.24, 2.45) is 5.92 Å². The molecule has 25 heavy (non-hydrogen) atoms. The van der Waals surface area contributed by atoms with Gasteiger partial charge in [-0.15, -0.1) is 13.2 Å². The number of carbonyl (C=O) groups is 1. The molecule has 0 saturated heterocycles. The Labute approximate surface area is 142 Å². The van der Waals surface area contributed by atoms with Crippen molar-refractivity contribution in [2.75, 3.05) is 12.4 Å². The standard InChI is InChI=1S/C18H16F3NO3/c1-24-13-6-2-11(3-7-13)15-10-16(15)17(23)22-12-4-8-14(9-5-12)25-18(19,20)21/h2-9,15-16H,10H2,1H3,(H,22,23). The van der Waals surface area contributed by atoms with Crippen LogP contribution in [0, 0.1) is 5.92 Å². The maximum absolute atomic E-state index is 12.2. The highest BCUT2D eigenvalue weighted by molar-refractivity contribution is 5.95. The molecule has 0 aromatic heterocycles. The van der Waals surface area contributed by atoms with Crippen LogP contribution < -0.4 is 14.8 Å². The summed E-state index contributed by atoms with van der Waals surface area (Å²) in [5.41, 5.74) is 1.50. The second-order valence-electron chi connectivity index (χ2n) is 5.78. The maximum Gasteiger partial charge on any atom is 0.573 e. The summed E-state index contributed by atoms with van der Waals surface area (Å²) < 4.78 is 45.2. The van der Waals surface area contributed by atoms with Gasteiger partial charge < -0.3 is 14.8 Å². The van der Waals surface area contributed by atoms with E-state index in [1.54, 1.807) is 7.11 Å². The number of hydrogen-bond acceptors (Lipinski definition) is 3. The molecular weight excluding hydrogens is 335 g/mol. The summed E-state index contributed by atoms with van der Waals surface area (Å²) >= 11 is 0. The molecule has 0 bridgehead atoms. The molecule has 0 aliphatic heterocycles. The predicted octanol–water partition coefficient (Wildman–Crippen LogP) is 4.34. The second-order valence-corrected chi connectivity index (χ2v) is 5.78. The summed E-state index contributed by atoms with van der Waals surface area (Å²) in [6.07, 6.45) is -3.99. The Morgan fingerprint density at radius 2 is 1.64 bits per heavy atom. The van der Waals surface area contributed by atoms with Crippen molar-refractivity contribution in [2.45, 2.75) is 18.7 Å². The number of nitrogens with one attached hydrogen (secondary N) is 1. The molecule has 0 heterocycles. The number of anilines is 1. The van der Waals surface area contributed by atoms with Crippen molar-refractivity contribution in [3.05, 3.63) is 54.1 Å². The highest BCUT2D eigenvalue weighted by atomic mass is 19.4. The molecule has 0 radical (unpaired) electrons. The number of ether oxygens (including phenoxy) is 2. The van der Waals surface area contributed by atoms with Gasteiger partial charge in [-0.25, -0.2) is 0 Å². The summed E-state index contributed by atoms with van der Waals surface area (Å²) in [7, 11) is 1.59. The number of benzene rings is 2. The number of rotatable bonds is 5. The molecule has 132 valence electrons. The van der Waals surface area contributed by atoms with Crippen molar-refractivity contribution in [1.82, 2.24) is 0 Å². The van der Waals surface area contributed by atoms with E-state index in [4.69, 9.17) is 4.74 Å². The van der Waals surface area contributed by atoms with Crippen LogP contribution in [0.1, 0.15) is 17.9 Å². The number of halogens is 3. The van der Waals surface area contributed by atoms with Crippen molar-refractivity contribution >= 4 is 11.6 Å². The third-order valence-corrected chi connectivity index (χ3v) is 4.03. The summed E-state index contributed by atoms with van der Waals surface area (Å²) in [5, 5.41) is 2.72. The molecule has 7 heteroatoms. The Morgan fingerprint density at radius 3 is 2.20 bits per heavy atom. The molecular formula is C18H16F3NO3. The molecule has 2 aromatic rings. The van der Waals surface area contributed by atoms with Gasteiger partial charge in [-0.3, -0.25) is 4.79 Å². The first-order valence-electron chi connectivity index (χ1n) is 7.66. The molecule has 2 atom stereocenters. The monoisotopic (exact) mass is 351 g/mol.